The third kappa shape index (κ3) is 4.09. The summed E-state index contributed by atoms with van der Waals surface area (Å²) in [5.41, 5.74) is 1.24. The maximum absolute atomic E-state index is 6.82. The van der Waals surface area contributed by atoms with Gasteiger partial charge < -0.3 is 9.74 Å². The quantitative estimate of drug-likeness (QED) is 0.625. The van der Waals surface area contributed by atoms with E-state index < -0.39 is 8.32 Å². The fraction of sp³-hybridized carbons (Fsp3) is 0.545. The fourth-order valence-corrected chi connectivity index (χ4v) is 4.90. The summed E-state index contributed by atoms with van der Waals surface area (Å²) >= 11 is 0. The van der Waals surface area contributed by atoms with Crippen LogP contribution in [0.15, 0.2) is 42.5 Å². The number of fused-ring (bicyclic) bond motifs is 1. The van der Waals surface area contributed by atoms with Gasteiger partial charge in [0.1, 0.15) is 0 Å². The molecule has 0 heterocycles. The van der Waals surface area contributed by atoms with E-state index in [1.165, 1.54) is 42.1 Å². The van der Waals surface area contributed by atoms with E-state index in [-0.39, 0.29) is 5.04 Å². The molecule has 0 aromatic heterocycles. The minimum atomic E-state index is -1.74. The van der Waals surface area contributed by atoms with Gasteiger partial charge in [-0.15, -0.1) is 0 Å². The molecule has 0 bridgehead atoms. The average Bonchev–Trinajstić information content (AvgIpc) is 2.56. The van der Waals surface area contributed by atoms with Crippen LogP contribution in [0.3, 0.4) is 0 Å². The van der Waals surface area contributed by atoms with Crippen LogP contribution in [0.5, 0.6) is 0 Å². The van der Waals surface area contributed by atoms with E-state index >= 15 is 0 Å². The molecular formula is C22H33NOSi. The van der Waals surface area contributed by atoms with Gasteiger partial charge in [-0.2, -0.15) is 0 Å². The molecule has 0 aliphatic heterocycles. The minimum Gasteiger partial charge on any atom is -0.412 e. The highest BCUT2D eigenvalue weighted by Crippen LogP contribution is 2.39. The second-order valence-corrected chi connectivity index (χ2v) is 13.7. The van der Waals surface area contributed by atoms with E-state index in [1.54, 1.807) is 0 Å². The molecule has 0 radical (unpaired) electrons. The van der Waals surface area contributed by atoms with Crippen LogP contribution < -0.4 is 5.32 Å². The van der Waals surface area contributed by atoms with Gasteiger partial charge in [0, 0.05) is 11.1 Å². The molecule has 1 aliphatic rings. The van der Waals surface area contributed by atoms with Gasteiger partial charge in [-0.3, -0.25) is 0 Å². The van der Waals surface area contributed by atoms with Crippen molar-refractivity contribution in [1.29, 1.82) is 0 Å². The molecule has 0 saturated heterocycles. The molecule has 0 amide bonds. The van der Waals surface area contributed by atoms with E-state index in [4.69, 9.17) is 4.43 Å². The lowest BCUT2D eigenvalue weighted by atomic mass is 9.92. The second-order valence-electron chi connectivity index (χ2n) is 8.98. The third-order valence-corrected chi connectivity index (χ3v) is 10.6. The number of anilines is 1. The van der Waals surface area contributed by atoms with Crippen LogP contribution in [-0.4, -0.2) is 20.5 Å². The van der Waals surface area contributed by atoms with Crippen LogP contribution in [0.4, 0.5) is 5.69 Å². The van der Waals surface area contributed by atoms with Crippen molar-refractivity contribution in [2.75, 3.05) is 5.32 Å². The molecule has 0 unspecified atom stereocenters. The molecule has 3 rings (SSSR count). The minimum absolute atomic E-state index is 0.258. The number of rotatable bonds is 4. The molecular weight excluding hydrogens is 322 g/mol. The molecule has 1 saturated carbocycles. The first-order valence-electron chi connectivity index (χ1n) is 9.70. The predicted molar refractivity (Wildman–Crippen MR) is 112 cm³/mol. The number of hydrogen-bond acceptors (Lipinski definition) is 2. The molecule has 1 aliphatic carbocycles. The first kappa shape index (κ1) is 18.5. The number of benzene rings is 2. The van der Waals surface area contributed by atoms with Crippen molar-refractivity contribution in [3.63, 3.8) is 0 Å². The summed E-state index contributed by atoms with van der Waals surface area (Å²) in [5.74, 6) is 0. The van der Waals surface area contributed by atoms with Gasteiger partial charge in [0.15, 0.2) is 8.32 Å². The Bertz CT molecular complexity index is 714. The van der Waals surface area contributed by atoms with Gasteiger partial charge in [-0.1, -0.05) is 70.0 Å². The van der Waals surface area contributed by atoms with Crippen molar-refractivity contribution >= 4 is 24.8 Å². The predicted octanol–water partition coefficient (Wildman–Crippen LogP) is 6.58. The highest BCUT2D eigenvalue weighted by atomic mass is 28.4. The monoisotopic (exact) mass is 355 g/mol. The van der Waals surface area contributed by atoms with Gasteiger partial charge in [0.2, 0.25) is 0 Å². The van der Waals surface area contributed by atoms with Crippen molar-refractivity contribution in [3.8, 4) is 0 Å². The maximum atomic E-state index is 6.82. The van der Waals surface area contributed by atoms with Gasteiger partial charge >= 0.3 is 0 Å². The van der Waals surface area contributed by atoms with Crippen LogP contribution in [0, 0.1) is 0 Å². The molecule has 1 fully saturated rings. The van der Waals surface area contributed by atoms with E-state index in [0.29, 0.717) is 12.1 Å². The van der Waals surface area contributed by atoms with Gasteiger partial charge in [0.05, 0.1) is 12.1 Å². The lowest BCUT2D eigenvalue weighted by Crippen LogP contribution is -2.49. The van der Waals surface area contributed by atoms with E-state index in [2.05, 4.69) is 81.6 Å². The summed E-state index contributed by atoms with van der Waals surface area (Å²) in [6.07, 6.45) is 5.28. The third-order valence-electron chi connectivity index (χ3n) is 6.09. The SMILES string of the molecule is CC(C)(C)[Si](C)(C)O[C@H]1CCCC[C@@H]1Nc1cccc2ccccc12. The Kier molecular flexibility index (Phi) is 5.26. The van der Waals surface area contributed by atoms with Crippen molar-refractivity contribution in [1.82, 2.24) is 0 Å². The molecule has 3 heteroatoms. The lowest BCUT2D eigenvalue weighted by Gasteiger charge is -2.43. The molecule has 2 aromatic rings. The van der Waals surface area contributed by atoms with Crippen LogP contribution in [-0.2, 0) is 4.43 Å². The Balaban J connectivity index is 1.82. The smallest absolute Gasteiger partial charge is 0.192 e. The Morgan fingerprint density at radius 3 is 2.40 bits per heavy atom. The normalized spacial score (nSPS) is 22.1. The zero-order chi connectivity index (χ0) is 18.1. The van der Waals surface area contributed by atoms with Gasteiger partial charge in [-0.25, -0.2) is 0 Å². The second kappa shape index (κ2) is 7.12. The summed E-state index contributed by atoms with van der Waals surface area (Å²) < 4.78 is 6.82. The Morgan fingerprint density at radius 1 is 0.960 bits per heavy atom. The van der Waals surface area contributed by atoms with E-state index in [0.717, 1.165) is 0 Å². The summed E-state index contributed by atoms with van der Waals surface area (Å²) in [5, 5.41) is 6.71. The molecule has 2 nitrogen and oxygen atoms in total. The van der Waals surface area contributed by atoms with Crippen LogP contribution in [0.25, 0.3) is 10.8 Å². The molecule has 2 atom stereocenters. The summed E-state index contributed by atoms with van der Waals surface area (Å²) in [6, 6.07) is 15.6. The average molecular weight is 356 g/mol. The van der Waals surface area contributed by atoms with Crippen LogP contribution >= 0.6 is 0 Å². The Labute approximate surface area is 154 Å². The van der Waals surface area contributed by atoms with Crippen molar-refractivity contribution in [2.45, 2.75) is 76.7 Å². The number of nitrogens with one attached hydrogen (secondary N) is 1. The van der Waals surface area contributed by atoms with E-state index in [1.807, 2.05) is 0 Å². The van der Waals surface area contributed by atoms with Crippen LogP contribution in [0.1, 0.15) is 46.5 Å². The van der Waals surface area contributed by atoms with Crippen molar-refractivity contribution < 1.29 is 4.43 Å². The molecule has 0 spiro atoms. The standard InChI is InChI=1S/C22H33NOSi/c1-22(2,3)25(4,5)24-21-16-9-8-14-20(21)23-19-15-10-12-17-11-6-7-13-18(17)19/h6-7,10-13,15,20-21,23H,8-9,14,16H2,1-5H3/t20-,21-/m0/s1. The van der Waals surface area contributed by atoms with Gasteiger partial charge in [-0.05, 0) is 42.4 Å². The zero-order valence-electron chi connectivity index (χ0n) is 16.4. The lowest BCUT2D eigenvalue weighted by molar-refractivity contribution is 0.124. The maximum Gasteiger partial charge on any atom is 0.192 e. The zero-order valence-corrected chi connectivity index (χ0v) is 17.4. The molecule has 1 N–H and O–H groups in total. The summed E-state index contributed by atoms with van der Waals surface area (Å²) in [4.78, 5) is 0. The summed E-state index contributed by atoms with van der Waals surface area (Å²) in [6.45, 7) is 11.7. The van der Waals surface area contributed by atoms with E-state index in [9.17, 15) is 0 Å². The Hall–Kier alpha value is -1.32. The fourth-order valence-electron chi connectivity index (χ4n) is 3.51. The molecule has 136 valence electrons. The Morgan fingerprint density at radius 2 is 1.64 bits per heavy atom. The molecule has 25 heavy (non-hydrogen) atoms. The van der Waals surface area contributed by atoms with Crippen molar-refractivity contribution in [2.24, 2.45) is 0 Å². The van der Waals surface area contributed by atoms with Crippen molar-refractivity contribution in [3.05, 3.63) is 42.5 Å². The highest BCUT2D eigenvalue weighted by Gasteiger charge is 2.41. The first-order chi connectivity index (χ1) is 11.8. The van der Waals surface area contributed by atoms with Gasteiger partial charge in [0.25, 0.3) is 0 Å². The largest absolute Gasteiger partial charge is 0.412 e. The summed E-state index contributed by atoms with van der Waals surface area (Å²) in [7, 11) is -1.74. The highest BCUT2D eigenvalue weighted by molar-refractivity contribution is 6.74. The molecule has 2 aromatic carbocycles. The number of hydrogen-bond donors (Lipinski definition) is 1. The van der Waals surface area contributed by atoms with Crippen LogP contribution in [0.2, 0.25) is 18.1 Å². The first-order valence-corrected chi connectivity index (χ1v) is 12.6. The topological polar surface area (TPSA) is 21.3 Å².